The van der Waals surface area contributed by atoms with Crippen molar-refractivity contribution in [2.45, 2.75) is 19.4 Å². The molecule has 6 heteroatoms. The summed E-state index contributed by atoms with van der Waals surface area (Å²) in [6.45, 7) is 6.00. The van der Waals surface area contributed by atoms with Gasteiger partial charge in [0.2, 0.25) is 0 Å². The van der Waals surface area contributed by atoms with Gasteiger partial charge >= 0.3 is 5.97 Å². The van der Waals surface area contributed by atoms with Gasteiger partial charge in [-0.2, -0.15) is 0 Å². The van der Waals surface area contributed by atoms with Crippen molar-refractivity contribution >= 4 is 5.97 Å². The van der Waals surface area contributed by atoms with E-state index in [9.17, 15) is 4.79 Å². The average molecular weight is 216 g/mol. The Morgan fingerprint density at radius 2 is 2.33 bits per heavy atom. The molecule has 1 aliphatic heterocycles. The normalized spacial score (nSPS) is 24.1. The summed E-state index contributed by atoms with van der Waals surface area (Å²) >= 11 is 0. The molecule has 15 heavy (non-hydrogen) atoms. The fraction of sp³-hybridized carbons (Fsp3) is 0.889. The van der Waals surface area contributed by atoms with Gasteiger partial charge in [0.1, 0.15) is 0 Å². The summed E-state index contributed by atoms with van der Waals surface area (Å²) < 4.78 is 0. The van der Waals surface area contributed by atoms with E-state index in [0.717, 1.165) is 26.2 Å². The van der Waals surface area contributed by atoms with Gasteiger partial charge in [0, 0.05) is 32.2 Å². The third kappa shape index (κ3) is 4.13. The van der Waals surface area contributed by atoms with Gasteiger partial charge in [-0.25, -0.2) is 5.84 Å². The largest absolute Gasteiger partial charge is 0.356 e. The van der Waals surface area contributed by atoms with E-state index in [1.165, 1.54) is 0 Å². The second-order valence-electron chi connectivity index (χ2n) is 3.99. The summed E-state index contributed by atoms with van der Waals surface area (Å²) in [5, 5.41) is 0. The molecule has 6 nitrogen and oxygen atoms in total. The van der Waals surface area contributed by atoms with Crippen LogP contribution in [0, 0.1) is 0 Å². The van der Waals surface area contributed by atoms with Crippen molar-refractivity contribution in [3.05, 3.63) is 0 Å². The standard InChI is InChI=1S/C9H20N4O2/c1-8-7-12(2)5-6-13(8)4-3-9(14)15-11-10/h8,11H,3-7,10H2,1-2H3. The third-order valence-corrected chi connectivity index (χ3v) is 2.74. The van der Waals surface area contributed by atoms with Crippen LogP contribution in [0.2, 0.25) is 0 Å². The Balaban J connectivity index is 2.23. The van der Waals surface area contributed by atoms with Gasteiger partial charge in [-0.3, -0.25) is 9.69 Å². The van der Waals surface area contributed by atoms with E-state index < -0.39 is 0 Å². The van der Waals surface area contributed by atoms with Crippen molar-refractivity contribution in [2.24, 2.45) is 5.84 Å². The Labute approximate surface area is 90.3 Å². The fourth-order valence-corrected chi connectivity index (χ4v) is 1.86. The zero-order valence-corrected chi connectivity index (χ0v) is 9.40. The summed E-state index contributed by atoms with van der Waals surface area (Å²) in [6.07, 6.45) is 0.373. The summed E-state index contributed by atoms with van der Waals surface area (Å²) in [4.78, 5) is 20.1. The second kappa shape index (κ2) is 6.02. The van der Waals surface area contributed by atoms with Gasteiger partial charge in [0.25, 0.3) is 0 Å². The van der Waals surface area contributed by atoms with Crippen LogP contribution < -0.4 is 11.4 Å². The molecular formula is C9H20N4O2. The van der Waals surface area contributed by atoms with Crippen molar-refractivity contribution < 1.29 is 9.63 Å². The molecular weight excluding hydrogens is 196 g/mol. The van der Waals surface area contributed by atoms with Crippen molar-refractivity contribution in [2.75, 3.05) is 33.2 Å². The van der Waals surface area contributed by atoms with Gasteiger partial charge in [-0.15, -0.1) is 0 Å². The Hall–Kier alpha value is -0.690. The first kappa shape index (κ1) is 12.4. The van der Waals surface area contributed by atoms with Crippen LogP contribution in [-0.2, 0) is 9.63 Å². The van der Waals surface area contributed by atoms with Crippen LogP contribution in [0.5, 0.6) is 0 Å². The number of nitrogens with zero attached hydrogens (tertiary/aromatic N) is 2. The lowest BCUT2D eigenvalue weighted by molar-refractivity contribution is -0.151. The molecule has 1 rings (SSSR count). The van der Waals surface area contributed by atoms with E-state index >= 15 is 0 Å². The van der Waals surface area contributed by atoms with Crippen LogP contribution in [0.15, 0.2) is 0 Å². The van der Waals surface area contributed by atoms with Crippen molar-refractivity contribution in [1.29, 1.82) is 0 Å². The van der Waals surface area contributed by atoms with Gasteiger partial charge < -0.3 is 9.74 Å². The van der Waals surface area contributed by atoms with Crippen LogP contribution >= 0.6 is 0 Å². The molecule has 1 unspecified atom stereocenters. The molecule has 0 amide bonds. The zero-order chi connectivity index (χ0) is 11.3. The minimum absolute atomic E-state index is 0.316. The van der Waals surface area contributed by atoms with E-state index in [1.54, 1.807) is 0 Å². The Morgan fingerprint density at radius 1 is 1.60 bits per heavy atom. The predicted octanol–water partition coefficient (Wildman–Crippen LogP) is -1.07. The lowest BCUT2D eigenvalue weighted by Crippen LogP contribution is -2.50. The Morgan fingerprint density at radius 3 is 2.93 bits per heavy atom. The molecule has 3 N–H and O–H groups in total. The molecule has 1 atom stereocenters. The molecule has 1 fully saturated rings. The molecule has 88 valence electrons. The van der Waals surface area contributed by atoms with Crippen molar-refractivity contribution in [1.82, 2.24) is 15.4 Å². The summed E-state index contributed by atoms with van der Waals surface area (Å²) in [7, 11) is 2.11. The zero-order valence-electron chi connectivity index (χ0n) is 9.40. The SMILES string of the molecule is CC1CN(C)CCN1CCC(=O)ONN. The van der Waals surface area contributed by atoms with E-state index in [2.05, 4.69) is 28.6 Å². The smallest absolute Gasteiger partial charge is 0.327 e. The quantitative estimate of drug-likeness (QED) is 0.461. The van der Waals surface area contributed by atoms with Crippen molar-refractivity contribution in [3.63, 3.8) is 0 Å². The number of hydrazine groups is 1. The Bertz CT molecular complexity index is 212. The molecule has 0 spiro atoms. The van der Waals surface area contributed by atoms with E-state index in [-0.39, 0.29) is 5.97 Å². The van der Waals surface area contributed by atoms with Crippen LogP contribution in [0.4, 0.5) is 0 Å². The van der Waals surface area contributed by atoms with E-state index in [1.807, 2.05) is 5.59 Å². The number of piperazine rings is 1. The van der Waals surface area contributed by atoms with E-state index in [4.69, 9.17) is 5.84 Å². The number of likely N-dealkylation sites (N-methyl/N-ethyl adjacent to an activating group) is 1. The highest BCUT2D eigenvalue weighted by Gasteiger charge is 2.21. The second-order valence-corrected chi connectivity index (χ2v) is 3.99. The van der Waals surface area contributed by atoms with E-state index in [0.29, 0.717) is 12.5 Å². The molecule has 1 saturated heterocycles. The number of carbonyl (C=O) groups excluding carboxylic acids is 1. The van der Waals surface area contributed by atoms with Crippen LogP contribution in [0.3, 0.4) is 0 Å². The lowest BCUT2D eigenvalue weighted by atomic mass is 10.2. The van der Waals surface area contributed by atoms with Gasteiger partial charge in [-0.05, 0) is 14.0 Å². The highest BCUT2D eigenvalue weighted by atomic mass is 16.7. The number of hydrogen-bond acceptors (Lipinski definition) is 6. The topological polar surface area (TPSA) is 70.8 Å². The maximum absolute atomic E-state index is 11.1. The minimum atomic E-state index is -0.316. The fourth-order valence-electron chi connectivity index (χ4n) is 1.86. The van der Waals surface area contributed by atoms with Crippen LogP contribution in [0.25, 0.3) is 0 Å². The van der Waals surface area contributed by atoms with Gasteiger partial charge in [-0.1, -0.05) is 5.59 Å². The number of carbonyl (C=O) groups is 1. The molecule has 0 aromatic carbocycles. The van der Waals surface area contributed by atoms with Crippen LogP contribution in [0.1, 0.15) is 13.3 Å². The molecule has 0 aliphatic carbocycles. The predicted molar refractivity (Wildman–Crippen MR) is 56.6 cm³/mol. The molecule has 0 bridgehead atoms. The molecule has 0 radical (unpaired) electrons. The molecule has 0 saturated carbocycles. The van der Waals surface area contributed by atoms with Crippen molar-refractivity contribution in [3.8, 4) is 0 Å². The lowest BCUT2D eigenvalue weighted by Gasteiger charge is -2.37. The minimum Gasteiger partial charge on any atom is -0.356 e. The summed E-state index contributed by atoms with van der Waals surface area (Å²) in [6, 6.07) is 0.488. The maximum Gasteiger partial charge on any atom is 0.327 e. The monoisotopic (exact) mass is 216 g/mol. The first-order chi connectivity index (χ1) is 7.13. The summed E-state index contributed by atoms with van der Waals surface area (Å²) in [5.74, 6) is 4.55. The van der Waals surface area contributed by atoms with Crippen LogP contribution in [-0.4, -0.2) is 55.0 Å². The average Bonchev–Trinajstić information content (AvgIpc) is 2.17. The molecule has 0 aromatic heterocycles. The number of nitrogens with one attached hydrogen (secondary N) is 1. The first-order valence-corrected chi connectivity index (χ1v) is 5.21. The molecule has 1 heterocycles. The third-order valence-electron chi connectivity index (χ3n) is 2.74. The molecule has 1 aliphatic rings. The number of nitrogens with two attached hydrogens (primary N) is 1. The number of rotatable bonds is 4. The van der Waals surface area contributed by atoms with Gasteiger partial charge in [0.05, 0.1) is 6.42 Å². The summed E-state index contributed by atoms with van der Waals surface area (Å²) in [5.41, 5.74) is 1.90. The molecule has 0 aromatic rings. The Kier molecular flexibility index (Phi) is 4.97. The maximum atomic E-state index is 11.1. The highest BCUT2D eigenvalue weighted by Crippen LogP contribution is 2.08. The first-order valence-electron chi connectivity index (χ1n) is 5.21. The number of hydrogen-bond donors (Lipinski definition) is 2. The highest BCUT2D eigenvalue weighted by molar-refractivity contribution is 5.69. The van der Waals surface area contributed by atoms with Gasteiger partial charge in [0.15, 0.2) is 0 Å².